The topological polar surface area (TPSA) is 16.8 Å². The lowest BCUT2D eigenvalue weighted by Crippen LogP contribution is -2.30. The van der Waals surface area contributed by atoms with Gasteiger partial charge in [0.2, 0.25) is 5.69 Å². The van der Waals surface area contributed by atoms with E-state index in [0.29, 0.717) is 22.4 Å². The minimum Gasteiger partial charge on any atom is -0.257 e. The van der Waals surface area contributed by atoms with Crippen LogP contribution < -0.4 is 4.57 Å². The van der Waals surface area contributed by atoms with Crippen LogP contribution in [0.3, 0.4) is 0 Å². The smallest absolute Gasteiger partial charge is 0.212 e. The van der Waals surface area contributed by atoms with Crippen molar-refractivity contribution in [3.8, 4) is 22.4 Å². The Morgan fingerprint density at radius 1 is 0.960 bits per heavy atom. The highest BCUT2D eigenvalue weighted by Gasteiger charge is 2.37. The Morgan fingerprint density at radius 3 is 2.52 bits per heavy atom. The van der Waals surface area contributed by atoms with Crippen LogP contribution in [0.2, 0.25) is 0 Å². The van der Waals surface area contributed by atoms with Crippen molar-refractivity contribution in [2.75, 3.05) is 0 Å². The molecule has 0 aliphatic heterocycles. The van der Waals surface area contributed by atoms with Crippen LogP contribution in [0.1, 0.15) is 50.0 Å². The first-order chi connectivity index (χ1) is 14.3. The second-order valence-electron chi connectivity index (χ2n) is 7.01. The average molecular weight is 336 g/mol. The van der Waals surface area contributed by atoms with Crippen LogP contribution in [-0.4, -0.2) is 4.98 Å². The zero-order valence-corrected chi connectivity index (χ0v) is 14.9. The molecule has 2 heteroatoms. The maximum absolute atomic E-state index is 8.34. The maximum atomic E-state index is 8.34. The van der Waals surface area contributed by atoms with Gasteiger partial charge in [0.15, 0.2) is 6.20 Å². The molecule has 0 radical (unpaired) electrons. The number of hydrogen-bond acceptors (Lipinski definition) is 1. The molecule has 4 rings (SSSR count). The highest BCUT2D eigenvalue weighted by Crippen LogP contribution is 2.49. The third kappa shape index (κ3) is 2.31. The fourth-order valence-electron chi connectivity index (χ4n) is 3.65. The molecule has 0 fully saturated rings. The van der Waals surface area contributed by atoms with Crippen LogP contribution in [0.25, 0.3) is 22.4 Å². The summed E-state index contributed by atoms with van der Waals surface area (Å²) in [7, 11) is 1.95. The number of rotatable bonds is 1. The number of aromatic nitrogens is 2. The van der Waals surface area contributed by atoms with Gasteiger partial charge in [0.05, 0.1) is 5.69 Å². The quantitative estimate of drug-likeness (QED) is 0.583. The van der Waals surface area contributed by atoms with Crippen molar-refractivity contribution in [1.82, 2.24) is 4.98 Å². The molecule has 1 aromatic carbocycles. The van der Waals surface area contributed by atoms with E-state index < -0.39 is 19.1 Å². The standard InChI is InChI=1S/C23H25N2/c1-14-9-10-25(6)21(11-14)18-13-19-17-8-7-16(3)24-22(17)23(4,5)20(19)12-15(18)2/h7-13H,1-6H3/q+1/i4D3,5D3. The van der Waals surface area contributed by atoms with Gasteiger partial charge in [0.1, 0.15) is 7.05 Å². The van der Waals surface area contributed by atoms with Gasteiger partial charge in [-0.05, 0) is 55.2 Å². The molecule has 0 unspecified atom stereocenters. The zero-order chi connectivity index (χ0) is 22.9. The Hall–Kier alpha value is -2.48. The summed E-state index contributed by atoms with van der Waals surface area (Å²) < 4.78 is 52.1. The van der Waals surface area contributed by atoms with Crippen LogP contribution in [0.15, 0.2) is 42.6 Å². The Balaban J connectivity index is 2.15. The van der Waals surface area contributed by atoms with E-state index in [1.807, 2.05) is 43.8 Å². The molecule has 2 heterocycles. The van der Waals surface area contributed by atoms with Crippen LogP contribution in [0, 0.1) is 20.8 Å². The molecule has 0 saturated carbocycles. The molecule has 0 bridgehead atoms. The van der Waals surface area contributed by atoms with Gasteiger partial charge in [-0.3, -0.25) is 4.98 Å². The summed E-state index contributed by atoms with van der Waals surface area (Å²) in [5.41, 5.74) is 3.87. The van der Waals surface area contributed by atoms with Crippen LogP contribution in [0.5, 0.6) is 0 Å². The highest BCUT2D eigenvalue weighted by atomic mass is 14.9. The van der Waals surface area contributed by atoms with Gasteiger partial charge in [-0.15, -0.1) is 0 Å². The predicted molar refractivity (Wildman–Crippen MR) is 103 cm³/mol. The molecular weight excluding hydrogens is 304 g/mol. The third-order valence-corrected chi connectivity index (χ3v) is 5.03. The van der Waals surface area contributed by atoms with E-state index >= 15 is 0 Å². The van der Waals surface area contributed by atoms with Crippen molar-refractivity contribution >= 4 is 0 Å². The lowest BCUT2D eigenvalue weighted by Gasteiger charge is -2.21. The molecule has 0 N–H and O–H groups in total. The summed E-state index contributed by atoms with van der Waals surface area (Å²) in [6, 6.07) is 11.3. The van der Waals surface area contributed by atoms with E-state index in [9.17, 15) is 0 Å². The van der Waals surface area contributed by atoms with Crippen molar-refractivity contribution in [3.05, 3.63) is 70.7 Å². The monoisotopic (exact) mass is 335 g/mol. The summed E-state index contributed by atoms with van der Waals surface area (Å²) >= 11 is 0. The molecule has 0 atom stereocenters. The molecule has 25 heavy (non-hydrogen) atoms. The number of nitrogens with zero attached hydrogens (tertiary/aromatic N) is 2. The molecule has 0 saturated heterocycles. The van der Waals surface area contributed by atoms with E-state index in [1.165, 1.54) is 0 Å². The van der Waals surface area contributed by atoms with Crippen molar-refractivity contribution in [1.29, 1.82) is 0 Å². The Morgan fingerprint density at radius 2 is 1.76 bits per heavy atom. The lowest BCUT2D eigenvalue weighted by atomic mass is 9.83. The molecule has 2 aromatic heterocycles. The first-order valence-corrected chi connectivity index (χ1v) is 8.39. The summed E-state index contributed by atoms with van der Waals surface area (Å²) in [5, 5.41) is 0. The van der Waals surface area contributed by atoms with Gasteiger partial charge >= 0.3 is 0 Å². The zero-order valence-electron chi connectivity index (χ0n) is 20.9. The average Bonchev–Trinajstić information content (AvgIpc) is 2.92. The van der Waals surface area contributed by atoms with Crippen LogP contribution in [-0.2, 0) is 12.5 Å². The second kappa shape index (κ2) is 5.26. The number of pyridine rings is 2. The third-order valence-electron chi connectivity index (χ3n) is 5.03. The summed E-state index contributed by atoms with van der Waals surface area (Å²) in [5.74, 6) is 0. The Labute approximate surface area is 158 Å². The molecule has 3 aromatic rings. The normalized spacial score (nSPS) is 18.9. The molecule has 0 spiro atoms. The number of aryl methyl sites for hydroxylation is 4. The first-order valence-electron chi connectivity index (χ1n) is 11.4. The van der Waals surface area contributed by atoms with Crippen LogP contribution >= 0.6 is 0 Å². The van der Waals surface area contributed by atoms with Crippen molar-refractivity contribution in [3.63, 3.8) is 0 Å². The number of benzene rings is 1. The van der Waals surface area contributed by atoms with E-state index in [1.54, 1.807) is 25.1 Å². The SMILES string of the molecule is [2H]C([2H])([2H])C1(C([2H])([2H])[2H])c2cc(C)c(-c3cc(C)cc[n+]3C)cc2-c2ccc(C)nc21. The van der Waals surface area contributed by atoms with E-state index in [4.69, 9.17) is 8.22 Å². The van der Waals surface area contributed by atoms with E-state index in [2.05, 4.69) is 11.1 Å². The van der Waals surface area contributed by atoms with Gasteiger partial charge in [-0.25, -0.2) is 4.57 Å². The molecule has 126 valence electrons. The number of hydrogen-bond donors (Lipinski definition) is 0. The minimum absolute atomic E-state index is 0.118. The predicted octanol–water partition coefficient (Wildman–Crippen LogP) is 4.80. The summed E-state index contributed by atoms with van der Waals surface area (Å²) in [4.78, 5) is 4.49. The lowest BCUT2D eigenvalue weighted by molar-refractivity contribution is -0.660. The largest absolute Gasteiger partial charge is 0.257 e. The van der Waals surface area contributed by atoms with Crippen molar-refractivity contribution < 1.29 is 12.8 Å². The van der Waals surface area contributed by atoms with Crippen molar-refractivity contribution in [2.45, 2.75) is 39.9 Å². The Kier molecular flexibility index (Phi) is 2.21. The maximum Gasteiger partial charge on any atom is 0.212 e. The second-order valence-corrected chi connectivity index (χ2v) is 7.01. The highest BCUT2D eigenvalue weighted by molar-refractivity contribution is 5.83. The molecule has 2 nitrogen and oxygen atoms in total. The summed E-state index contributed by atoms with van der Waals surface area (Å²) in [6.45, 7) is 0.0460. The van der Waals surface area contributed by atoms with Gasteiger partial charge in [0.25, 0.3) is 0 Å². The Bertz CT molecular complexity index is 1190. The molecule has 1 aliphatic rings. The first kappa shape index (κ1) is 10.5. The fraction of sp³-hybridized carbons (Fsp3) is 0.304. The van der Waals surface area contributed by atoms with Gasteiger partial charge in [0, 0.05) is 42.6 Å². The van der Waals surface area contributed by atoms with Crippen LogP contribution in [0.4, 0.5) is 0 Å². The van der Waals surface area contributed by atoms with E-state index in [-0.39, 0.29) is 5.69 Å². The van der Waals surface area contributed by atoms with Gasteiger partial charge in [-0.1, -0.05) is 25.8 Å². The van der Waals surface area contributed by atoms with Gasteiger partial charge < -0.3 is 0 Å². The summed E-state index contributed by atoms with van der Waals surface area (Å²) in [6.07, 6.45) is 1.98. The van der Waals surface area contributed by atoms with Gasteiger partial charge in [-0.2, -0.15) is 0 Å². The molecular formula is C23H25N2+. The van der Waals surface area contributed by atoms with E-state index in [0.717, 1.165) is 22.4 Å². The van der Waals surface area contributed by atoms with Crippen molar-refractivity contribution in [2.24, 2.45) is 7.05 Å². The number of fused-ring (bicyclic) bond motifs is 3. The fourth-order valence-corrected chi connectivity index (χ4v) is 3.65. The minimum atomic E-state index is -2.80. The molecule has 1 aliphatic carbocycles. The molecule has 0 amide bonds.